The molecule has 0 bridgehead atoms. The van der Waals surface area contributed by atoms with Crippen LogP contribution in [0.4, 0.5) is 9.59 Å². The van der Waals surface area contributed by atoms with Crippen LogP contribution in [-0.4, -0.2) is 75.5 Å². The monoisotopic (exact) mass is 688 g/mol. The Bertz CT molecular complexity index is 1460. The van der Waals surface area contributed by atoms with E-state index in [1.165, 1.54) is 4.90 Å². The zero-order chi connectivity index (χ0) is 37.0. The smallest absolute Gasteiger partial charge is 0.411 e. The van der Waals surface area contributed by atoms with Crippen LogP contribution in [0.3, 0.4) is 0 Å². The van der Waals surface area contributed by atoms with E-state index in [1.807, 2.05) is 102 Å². The number of piperidine rings is 2. The molecule has 2 aromatic carbocycles. The van der Waals surface area contributed by atoms with E-state index in [4.69, 9.17) is 14.2 Å². The van der Waals surface area contributed by atoms with Gasteiger partial charge in [-0.1, -0.05) is 72.8 Å². The Kier molecular flexibility index (Phi) is 14.2. The van der Waals surface area contributed by atoms with E-state index in [-0.39, 0.29) is 18.2 Å². The minimum absolute atomic E-state index is 0.00238. The van der Waals surface area contributed by atoms with Crippen LogP contribution in [0.1, 0.15) is 91.2 Å². The number of rotatable bonds is 10. The molecule has 2 atom stereocenters. The molecule has 0 aliphatic carbocycles. The predicted octanol–water partition coefficient (Wildman–Crippen LogP) is 8.26. The van der Waals surface area contributed by atoms with E-state index in [9.17, 15) is 19.2 Å². The SMILES string of the molecule is C=CC[C@@]1(COCc2ccccc2)C(=O)CCCN1C(=O)OC(C)(C)C.C=CC[C@@]1(Cc2ccccc2)C(=O)CCCN1C(=O)OC(C)(C)C. The molecule has 9 heteroatoms. The van der Waals surface area contributed by atoms with Gasteiger partial charge in [-0.2, -0.15) is 0 Å². The second kappa shape index (κ2) is 17.6. The molecule has 2 amide bonds. The summed E-state index contributed by atoms with van der Waals surface area (Å²) < 4.78 is 17.0. The van der Waals surface area contributed by atoms with Gasteiger partial charge in [0.05, 0.1) is 13.2 Å². The van der Waals surface area contributed by atoms with Gasteiger partial charge in [-0.15, -0.1) is 13.2 Å². The average molecular weight is 689 g/mol. The molecule has 2 saturated heterocycles. The fraction of sp³-hybridized carbons (Fsp3) is 0.512. The van der Waals surface area contributed by atoms with Gasteiger partial charge in [0.2, 0.25) is 0 Å². The first kappa shape index (κ1) is 40.2. The maximum Gasteiger partial charge on any atom is 0.411 e. The van der Waals surface area contributed by atoms with Crippen LogP contribution in [-0.2, 0) is 36.8 Å². The summed E-state index contributed by atoms with van der Waals surface area (Å²) in [6.45, 7) is 20.1. The molecular weight excluding hydrogens is 632 g/mol. The lowest BCUT2D eigenvalue weighted by atomic mass is 9.78. The number of likely N-dealkylation sites (tertiary alicyclic amines) is 2. The highest BCUT2D eigenvalue weighted by molar-refractivity contribution is 5.94. The zero-order valence-corrected chi connectivity index (χ0v) is 30.9. The highest BCUT2D eigenvalue weighted by atomic mass is 16.6. The molecule has 2 aliphatic heterocycles. The summed E-state index contributed by atoms with van der Waals surface area (Å²) in [6.07, 6.45) is 5.99. The lowest BCUT2D eigenvalue weighted by Gasteiger charge is -2.45. The summed E-state index contributed by atoms with van der Waals surface area (Å²) in [6, 6.07) is 19.6. The van der Waals surface area contributed by atoms with Crippen LogP contribution >= 0.6 is 0 Å². The molecule has 2 fully saturated rings. The van der Waals surface area contributed by atoms with Crippen molar-refractivity contribution in [3.8, 4) is 0 Å². The number of amides is 2. The summed E-state index contributed by atoms with van der Waals surface area (Å²) in [5, 5.41) is 0. The quantitative estimate of drug-likeness (QED) is 0.232. The normalized spacial score (nSPS) is 21.1. The Labute approximate surface area is 298 Å². The fourth-order valence-corrected chi connectivity index (χ4v) is 6.41. The van der Waals surface area contributed by atoms with Crippen molar-refractivity contribution < 1.29 is 33.4 Å². The minimum atomic E-state index is -1.04. The lowest BCUT2D eigenvalue weighted by Crippen LogP contribution is -2.63. The number of nitrogens with zero attached hydrogens (tertiary/aromatic N) is 2. The Balaban J connectivity index is 0.000000271. The molecular formula is C41H56N2O7. The van der Waals surface area contributed by atoms with E-state index >= 15 is 0 Å². The number of hydrogen-bond donors (Lipinski definition) is 0. The van der Waals surface area contributed by atoms with Gasteiger partial charge in [-0.3, -0.25) is 19.4 Å². The van der Waals surface area contributed by atoms with Crippen LogP contribution in [0.2, 0.25) is 0 Å². The van der Waals surface area contributed by atoms with E-state index in [0.717, 1.165) is 11.1 Å². The minimum Gasteiger partial charge on any atom is -0.444 e. The Morgan fingerprint density at radius 3 is 1.58 bits per heavy atom. The van der Waals surface area contributed by atoms with E-state index < -0.39 is 34.5 Å². The zero-order valence-electron chi connectivity index (χ0n) is 30.9. The van der Waals surface area contributed by atoms with Crippen molar-refractivity contribution >= 4 is 23.8 Å². The van der Waals surface area contributed by atoms with E-state index in [0.29, 0.717) is 64.6 Å². The van der Waals surface area contributed by atoms with Crippen molar-refractivity contribution in [3.63, 3.8) is 0 Å². The lowest BCUT2D eigenvalue weighted by molar-refractivity contribution is -0.140. The van der Waals surface area contributed by atoms with Crippen molar-refractivity contribution in [1.82, 2.24) is 9.80 Å². The van der Waals surface area contributed by atoms with Crippen LogP contribution < -0.4 is 0 Å². The van der Waals surface area contributed by atoms with Gasteiger partial charge >= 0.3 is 12.2 Å². The Hall–Kier alpha value is -4.24. The van der Waals surface area contributed by atoms with Gasteiger partial charge < -0.3 is 14.2 Å². The second-order valence-electron chi connectivity index (χ2n) is 15.0. The predicted molar refractivity (Wildman–Crippen MR) is 196 cm³/mol. The molecule has 0 saturated carbocycles. The average Bonchev–Trinajstić information content (AvgIpc) is 3.03. The number of benzene rings is 2. The Morgan fingerprint density at radius 1 is 0.700 bits per heavy atom. The van der Waals surface area contributed by atoms with Gasteiger partial charge in [0.25, 0.3) is 0 Å². The van der Waals surface area contributed by atoms with Crippen LogP contribution in [0, 0.1) is 0 Å². The van der Waals surface area contributed by atoms with Crippen LogP contribution in [0.25, 0.3) is 0 Å². The fourth-order valence-electron chi connectivity index (χ4n) is 6.41. The van der Waals surface area contributed by atoms with Gasteiger partial charge in [0, 0.05) is 32.4 Å². The van der Waals surface area contributed by atoms with Crippen molar-refractivity contribution in [2.75, 3.05) is 19.7 Å². The number of ketones is 2. The molecule has 0 unspecified atom stereocenters. The largest absolute Gasteiger partial charge is 0.444 e. The molecule has 2 heterocycles. The van der Waals surface area contributed by atoms with E-state index in [2.05, 4.69) is 13.2 Å². The highest BCUT2D eigenvalue weighted by Gasteiger charge is 2.50. The molecule has 0 radical (unpaired) electrons. The van der Waals surface area contributed by atoms with Gasteiger partial charge in [0.15, 0.2) is 11.6 Å². The summed E-state index contributed by atoms with van der Waals surface area (Å²) in [7, 11) is 0. The molecule has 4 rings (SSSR count). The molecule has 0 aromatic heterocycles. The van der Waals surface area contributed by atoms with Crippen LogP contribution in [0.15, 0.2) is 86.0 Å². The number of Topliss-reactive ketones (excluding diaryl/α,β-unsaturated/α-hetero) is 2. The van der Waals surface area contributed by atoms with Gasteiger partial charge in [-0.05, 0) is 78.4 Å². The third-order valence-electron chi connectivity index (χ3n) is 8.63. The molecule has 272 valence electrons. The van der Waals surface area contributed by atoms with Crippen LogP contribution in [0.5, 0.6) is 0 Å². The van der Waals surface area contributed by atoms with Gasteiger partial charge in [-0.25, -0.2) is 9.59 Å². The second-order valence-corrected chi connectivity index (χ2v) is 15.0. The first-order valence-corrected chi connectivity index (χ1v) is 17.5. The third-order valence-corrected chi connectivity index (χ3v) is 8.63. The summed E-state index contributed by atoms with van der Waals surface area (Å²) in [5.74, 6) is 0.0888. The van der Waals surface area contributed by atoms with Gasteiger partial charge in [0.1, 0.15) is 22.3 Å². The molecule has 2 aliphatic rings. The first-order valence-electron chi connectivity index (χ1n) is 17.5. The molecule has 0 N–H and O–H groups in total. The summed E-state index contributed by atoms with van der Waals surface area (Å²) >= 11 is 0. The molecule has 50 heavy (non-hydrogen) atoms. The Morgan fingerprint density at radius 2 is 1.12 bits per heavy atom. The highest BCUT2D eigenvalue weighted by Crippen LogP contribution is 2.34. The van der Waals surface area contributed by atoms with Crippen molar-refractivity contribution in [1.29, 1.82) is 0 Å². The first-order chi connectivity index (χ1) is 23.6. The molecule has 2 aromatic rings. The number of hydrogen-bond acceptors (Lipinski definition) is 7. The summed E-state index contributed by atoms with van der Waals surface area (Å²) in [5.41, 5.74) is -1.11. The standard InChI is InChI=1S/C21H29NO4.C20H27NO3/c1-5-13-21(16-25-15-17-10-7-6-8-11-17)18(23)12-9-14-22(21)19(24)26-20(2,3)4;1-5-13-20(15-16-10-7-6-8-11-16)17(22)12-9-14-21(20)18(23)24-19(2,3)4/h5-8,10-11H,1,9,12-16H2,2-4H3;5-8,10-11H,1,9,12-15H2,2-4H3/t21-;20-/m11/s1. The number of ether oxygens (including phenoxy) is 3. The van der Waals surface area contributed by atoms with Crippen molar-refractivity contribution in [3.05, 3.63) is 97.1 Å². The van der Waals surface area contributed by atoms with Crippen molar-refractivity contribution in [2.45, 2.75) is 115 Å². The molecule has 9 nitrogen and oxygen atoms in total. The van der Waals surface area contributed by atoms with E-state index in [1.54, 1.807) is 17.1 Å². The van der Waals surface area contributed by atoms with Crippen molar-refractivity contribution in [2.24, 2.45) is 0 Å². The number of carbonyl (C=O) groups excluding carboxylic acids is 4. The summed E-state index contributed by atoms with van der Waals surface area (Å²) in [4.78, 5) is 54.4. The third kappa shape index (κ3) is 10.9. The maximum absolute atomic E-state index is 12.9. The maximum atomic E-state index is 12.9. The number of carbonyl (C=O) groups is 4. The topological polar surface area (TPSA) is 102 Å². The molecule has 0 spiro atoms.